The van der Waals surface area contributed by atoms with Gasteiger partial charge in [0.1, 0.15) is 11.2 Å². The predicted molar refractivity (Wildman–Crippen MR) is 197 cm³/mol. The molecule has 7 aromatic carbocycles. The Balaban J connectivity index is 1.29. The Morgan fingerprint density at radius 3 is 1.90 bits per heavy atom. The molecule has 48 heavy (non-hydrogen) atoms. The number of para-hydroxylation sites is 2. The topological polar surface area (TPSA) is 43.9 Å². The highest BCUT2D eigenvalue weighted by Crippen LogP contribution is 2.42. The highest BCUT2D eigenvalue weighted by molar-refractivity contribution is 6.24. The molecule has 10 rings (SSSR count). The number of benzene rings is 7. The van der Waals surface area contributed by atoms with Crippen molar-refractivity contribution >= 4 is 54.6 Å². The number of hydrogen-bond acceptors (Lipinski definition) is 3. The average molecular weight is 614 g/mol. The van der Waals surface area contributed by atoms with Gasteiger partial charge in [-0.15, -0.1) is 0 Å². The molecule has 10 aromatic rings. The van der Waals surface area contributed by atoms with Crippen molar-refractivity contribution in [1.29, 1.82) is 0 Å². The molecule has 0 spiro atoms. The summed E-state index contributed by atoms with van der Waals surface area (Å²) >= 11 is 0. The van der Waals surface area contributed by atoms with Gasteiger partial charge in [0.2, 0.25) is 5.95 Å². The molecule has 0 atom stereocenters. The molecule has 0 aliphatic carbocycles. The summed E-state index contributed by atoms with van der Waals surface area (Å²) in [5.41, 5.74) is 11.3. The molecule has 0 amide bonds. The summed E-state index contributed by atoms with van der Waals surface area (Å²) in [6, 6.07) is 57.2. The number of fused-ring (bicyclic) bond motifs is 8. The molecule has 0 aliphatic rings. The van der Waals surface area contributed by atoms with Gasteiger partial charge < -0.3 is 4.42 Å². The van der Waals surface area contributed by atoms with Gasteiger partial charge in [0, 0.05) is 27.1 Å². The minimum atomic E-state index is 0.623. The minimum absolute atomic E-state index is 0.623. The van der Waals surface area contributed by atoms with Gasteiger partial charge >= 0.3 is 0 Å². The summed E-state index contributed by atoms with van der Waals surface area (Å²) in [5.74, 6) is 0.623. The lowest BCUT2D eigenvalue weighted by atomic mass is 9.98. The fourth-order valence-corrected chi connectivity index (χ4v) is 7.17. The third-order valence-corrected chi connectivity index (χ3v) is 9.42. The van der Waals surface area contributed by atoms with Crippen molar-refractivity contribution in [1.82, 2.24) is 14.5 Å². The molecule has 3 aromatic heterocycles. The first-order valence-corrected chi connectivity index (χ1v) is 16.2. The van der Waals surface area contributed by atoms with Gasteiger partial charge in [-0.25, -0.2) is 9.97 Å². The van der Waals surface area contributed by atoms with Crippen molar-refractivity contribution in [3.05, 3.63) is 164 Å². The van der Waals surface area contributed by atoms with E-state index in [9.17, 15) is 0 Å². The summed E-state index contributed by atoms with van der Waals surface area (Å²) < 4.78 is 8.82. The Bertz CT molecular complexity index is 2830. The van der Waals surface area contributed by atoms with Crippen LogP contribution in [-0.4, -0.2) is 14.5 Å². The molecule has 0 unspecified atom stereocenters. The maximum atomic E-state index is 6.61. The Kier molecular flexibility index (Phi) is 5.84. The standard InChI is InChI=1S/C44H27N3O/c1-3-12-28(13-4-1)30-16-11-17-31(26-30)32-22-23-36-39(27-32)47(38-25-24-34-33-18-8-10-21-40(33)48-43(34)41(36)38)44-45-37-20-9-7-19-35(37)42(46-44)29-14-5-2-6-15-29/h1-27H. The Labute approximate surface area is 276 Å². The number of furan rings is 1. The summed E-state index contributed by atoms with van der Waals surface area (Å²) in [4.78, 5) is 10.5. The van der Waals surface area contributed by atoms with E-state index in [0.717, 1.165) is 77.0 Å². The van der Waals surface area contributed by atoms with Gasteiger partial charge in [-0.05, 0) is 58.7 Å². The van der Waals surface area contributed by atoms with Crippen LogP contribution < -0.4 is 0 Å². The van der Waals surface area contributed by atoms with Crippen LogP contribution in [-0.2, 0) is 0 Å². The highest BCUT2D eigenvalue weighted by atomic mass is 16.3. The van der Waals surface area contributed by atoms with Gasteiger partial charge in [-0.1, -0.05) is 127 Å². The van der Waals surface area contributed by atoms with Crippen LogP contribution in [0.1, 0.15) is 0 Å². The van der Waals surface area contributed by atoms with Crippen molar-refractivity contribution in [3.8, 4) is 39.5 Å². The molecular formula is C44H27N3O. The monoisotopic (exact) mass is 613 g/mol. The van der Waals surface area contributed by atoms with Crippen LogP contribution in [0.4, 0.5) is 0 Å². The van der Waals surface area contributed by atoms with E-state index in [1.807, 2.05) is 30.3 Å². The second kappa shape index (κ2) is 10.5. The zero-order chi connectivity index (χ0) is 31.6. The maximum Gasteiger partial charge on any atom is 0.235 e. The third-order valence-electron chi connectivity index (χ3n) is 9.42. The third kappa shape index (κ3) is 4.10. The molecule has 3 heterocycles. The summed E-state index contributed by atoms with van der Waals surface area (Å²) in [5, 5.41) is 5.38. The molecule has 0 bridgehead atoms. The molecular weight excluding hydrogens is 587 g/mol. The fraction of sp³-hybridized carbons (Fsp3) is 0. The van der Waals surface area contributed by atoms with Crippen LogP contribution >= 0.6 is 0 Å². The highest BCUT2D eigenvalue weighted by Gasteiger charge is 2.22. The second-order valence-corrected chi connectivity index (χ2v) is 12.2. The van der Waals surface area contributed by atoms with E-state index < -0.39 is 0 Å². The lowest BCUT2D eigenvalue weighted by Gasteiger charge is -2.12. The van der Waals surface area contributed by atoms with Gasteiger partial charge in [0.15, 0.2) is 0 Å². The summed E-state index contributed by atoms with van der Waals surface area (Å²) in [7, 11) is 0. The number of aromatic nitrogens is 3. The molecule has 0 radical (unpaired) electrons. The largest absolute Gasteiger partial charge is 0.455 e. The van der Waals surface area contributed by atoms with Crippen LogP contribution in [0.15, 0.2) is 168 Å². The van der Waals surface area contributed by atoms with Crippen molar-refractivity contribution in [2.75, 3.05) is 0 Å². The molecule has 0 saturated heterocycles. The van der Waals surface area contributed by atoms with Crippen LogP contribution in [0, 0.1) is 0 Å². The van der Waals surface area contributed by atoms with E-state index in [1.165, 1.54) is 11.1 Å². The Hall–Kier alpha value is -6.52. The van der Waals surface area contributed by atoms with Crippen molar-refractivity contribution in [2.24, 2.45) is 0 Å². The smallest absolute Gasteiger partial charge is 0.235 e. The van der Waals surface area contributed by atoms with Crippen LogP contribution in [0.5, 0.6) is 0 Å². The molecule has 4 heteroatoms. The van der Waals surface area contributed by atoms with Crippen molar-refractivity contribution in [3.63, 3.8) is 0 Å². The minimum Gasteiger partial charge on any atom is -0.455 e. The van der Waals surface area contributed by atoms with Crippen molar-refractivity contribution < 1.29 is 4.42 Å². The zero-order valence-electron chi connectivity index (χ0n) is 25.8. The van der Waals surface area contributed by atoms with E-state index in [2.05, 4.69) is 138 Å². The Morgan fingerprint density at radius 1 is 0.417 bits per heavy atom. The normalized spacial score (nSPS) is 11.8. The first-order chi connectivity index (χ1) is 23.8. The lowest BCUT2D eigenvalue weighted by Crippen LogP contribution is -2.03. The summed E-state index contributed by atoms with van der Waals surface area (Å²) in [6.45, 7) is 0. The van der Waals surface area contributed by atoms with Gasteiger partial charge in [0.05, 0.1) is 27.6 Å². The first kappa shape index (κ1) is 26.7. The molecule has 224 valence electrons. The van der Waals surface area contributed by atoms with Crippen LogP contribution in [0.3, 0.4) is 0 Å². The van der Waals surface area contributed by atoms with Gasteiger partial charge in [0.25, 0.3) is 0 Å². The second-order valence-electron chi connectivity index (χ2n) is 12.2. The van der Waals surface area contributed by atoms with E-state index in [0.29, 0.717) is 5.95 Å². The molecule has 0 aliphatic heterocycles. The van der Waals surface area contributed by atoms with Crippen LogP contribution in [0.2, 0.25) is 0 Å². The van der Waals surface area contributed by atoms with Crippen molar-refractivity contribution in [2.45, 2.75) is 0 Å². The van der Waals surface area contributed by atoms with E-state index >= 15 is 0 Å². The fourth-order valence-electron chi connectivity index (χ4n) is 7.17. The Morgan fingerprint density at radius 2 is 1.06 bits per heavy atom. The molecule has 0 saturated carbocycles. The quantitative estimate of drug-likeness (QED) is 0.198. The maximum absolute atomic E-state index is 6.61. The summed E-state index contributed by atoms with van der Waals surface area (Å²) in [6.07, 6.45) is 0. The lowest BCUT2D eigenvalue weighted by molar-refractivity contribution is 0.673. The zero-order valence-corrected chi connectivity index (χ0v) is 25.8. The van der Waals surface area contributed by atoms with E-state index in [-0.39, 0.29) is 0 Å². The predicted octanol–water partition coefficient (Wildman–Crippen LogP) is 11.6. The van der Waals surface area contributed by atoms with Gasteiger partial charge in [-0.2, -0.15) is 0 Å². The number of rotatable bonds is 4. The number of hydrogen-bond donors (Lipinski definition) is 0. The molecule has 4 nitrogen and oxygen atoms in total. The molecule has 0 N–H and O–H groups in total. The van der Waals surface area contributed by atoms with Gasteiger partial charge in [-0.3, -0.25) is 4.57 Å². The van der Waals surface area contributed by atoms with E-state index in [4.69, 9.17) is 14.4 Å². The van der Waals surface area contributed by atoms with Crippen LogP contribution in [0.25, 0.3) is 94.1 Å². The molecule has 0 fully saturated rings. The average Bonchev–Trinajstić information content (AvgIpc) is 3.70. The van der Waals surface area contributed by atoms with E-state index in [1.54, 1.807) is 0 Å². The number of nitrogens with zero attached hydrogens (tertiary/aromatic N) is 3. The SMILES string of the molecule is c1ccc(-c2cccc(-c3ccc4c5c6oc7ccccc7c6ccc5n(-c5nc(-c6ccccc6)c6ccccc6n5)c4c3)c2)cc1. The first-order valence-electron chi connectivity index (χ1n) is 16.2.